The Hall–Kier alpha value is 0.0400. The number of nitrogens with zero attached hydrogens (tertiary/aromatic N) is 1. The summed E-state index contributed by atoms with van der Waals surface area (Å²) in [6, 6.07) is 0.325. The Morgan fingerprint density at radius 1 is 1.89 bits per heavy atom. The van der Waals surface area contributed by atoms with E-state index in [1.165, 1.54) is 0 Å². The van der Waals surface area contributed by atoms with Gasteiger partial charge in [-0.1, -0.05) is 19.7 Å². The largest absolute Gasteiger partial charge is 0.375 e. The van der Waals surface area contributed by atoms with Crippen molar-refractivity contribution in [3.8, 4) is 0 Å². The van der Waals surface area contributed by atoms with Crippen molar-refractivity contribution in [2.45, 2.75) is 26.3 Å². The van der Waals surface area contributed by atoms with Gasteiger partial charge in [-0.15, -0.1) is 0 Å². The molecule has 0 spiro atoms. The summed E-state index contributed by atoms with van der Waals surface area (Å²) in [5.74, 6) is 0. The number of hydrogen-bond acceptors (Lipinski definition) is 2. The number of nitrogens with two attached hydrogens (primary N) is 1. The maximum absolute atomic E-state index is 5.29. The third-order valence-electron chi connectivity index (χ3n) is 1.23. The van der Waals surface area contributed by atoms with E-state index >= 15 is 0 Å². The molecule has 4 heteroatoms. The minimum absolute atomic E-state index is 0.325. The van der Waals surface area contributed by atoms with Crippen LogP contribution in [0, 0.1) is 0 Å². The zero-order valence-electron chi connectivity index (χ0n) is 5.66. The predicted molar refractivity (Wildman–Crippen MR) is 47.4 cm³/mol. The normalized spacial score (nSPS) is 12.8. The minimum Gasteiger partial charge on any atom is -0.375 e. The molecule has 0 aliphatic carbocycles. The van der Waals surface area contributed by atoms with E-state index in [4.69, 9.17) is 5.73 Å². The lowest BCUT2D eigenvalue weighted by Crippen LogP contribution is -2.34. The third kappa shape index (κ3) is 2.91. The molecule has 0 aromatic rings. The first kappa shape index (κ1) is 9.04. The van der Waals surface area contributed by atoms with Gasteiger partial charge >= 0.3 is 0 Å². The molecule has 0 aliphatic rings. The molecule has 1 unspecified atom stereocenters. The fraction of sp³-hybridized carbons (Fsp3) is 0.800. The van der Waals surface area contributed by atoms with E-state index in [9.17, 15) is 0 Å². The summed E-state index contributed by atoms with van der Waals surface area (Å²) in [5, 5.41) is 0.340. The molecule has 0 heterocycles. The van der Waals surface area contributed by atoms with Crippen molar-refractivity contribution in [3.05, 3.63) is 0 Å². The van der Waals surface area contributed by atoms with Gasteiger partial charge in [-0.3, -0.25) is 4.31 Å². The molecular weight excluding hydrogens is 152 g/mol. The van der Waals surface area contributed by atoms with Crippen LogP contribution >= 0.6 is 25.0 Å². The molecule has 54 valence electrons. The summed E-state index contributed by atoms with van der Waals surface area (Å²) < 4.78 is 1.59. The fourth-order valence-electron chi connectivity index (χ4n) is 0.390. The second kappa shape index (κ2) is 3.95. The van der Waals surface area contributed by atoms with Crippen LogP contribution in [0.25, 0.3) is 0 Å². The maximum atomic E-state index is 5.29. The Kier molecular flexibility index (Phi) is 3.97. The molecule has 0 radical (unpaired) electrons. The SMILES string of the molecule is CCC(C)N(S)C(N)=S. The summed E-state index contributed by atoms with van der Waals surface area (Å²) >= 11 is 8.76. The molecule has 0 aromatic heterocycles. The van der Waals surface area contributed by atoms with Crippen LogP contribution < -0.4 is 5.73 Å². The molecule has 9 heavy (non-hydrogen) atoms. The fourth-order valence-corrected chi connectivity index (χ4v) is 0.733. The van der Waals surface area contributed by atoms with Gasteiger partial charge in [0.2, 0.25) is 0 Å². The van der Waals surface area contributed by atoms with E-state index < -0.39 is 0 Å². The van der Waals surface area contributed by atoms with Gasteiger partial charge in [0.25, 0.3) is 0 Å². The average Bonchev–Trinajstić information content (AvgIpc) is 1.84. The molecule has 0 fully saturated rings. The smallest absolute Gasteiger partial charge is 0.176 e. The summed E-state index contributed by atoms with van der Waals surface area (Å²) in [5.41, 5.74) is 5.29. The molecular formula is C5H12N2S2. The molecule has 0 aliphatic heterocycles. The molecule has 0 amide bonds. The number of thiol groups is 1. The quantitative estimate of drug-likeness (QED) is 0.474. The third-order valence-corrected chi connectivity index (χ3v) is 2.18. The summed E-state index contributed by atoms with van der Waals surface area (Å²) in [6.45, 7) is 4.08. The highest BCUT2D eigenvalue weighted by atomic mass is 32.1. The Morgan fingerprint density at radius 3 is 2.44 bits per heavy atom. The molecule has 0 saturated heterocycles. The van der Waals surface area contributed by atoms with Crippen LogP contribution in [0.5, 0.6) is 0 Å². The van der Waals surface area contributed by atoms with E-state index in [1.54, 1.807) is 4.31 Å². The Labute approximate surface area is 66.9 Å². The molecule has 2 N–H and O–H groups in total. The van der Waals surface area contributed by atoms with Crippen LogP contribution in [-0.4, -0.2) is 15.5 Å². The van der Waals surface area contributed by atoms with E-state index in [2.05, 4.69) is 32.0 Å². The molecule has 0 saturated carbocycles. The first-order valence-electron chi connectivity index (χ1n) is 2.87. The Morgan fingerprint density at radius 2 is 2.33 bits per heavy atom. The van der Waals surface area contributed by atoms with Crippen LogP contribution in [-0.2, 0) is 0 Å². The first-order valence-corrected chi connectivity index (χ1v) is 3.68. The molecule has 0 aromatic carbocycles. The van der Waals surface area contributed by atoms with Crippen molar-refractivity contribution in [3.63, 3.8) is 0 Å². The summed E-state index contributed by atoms with van der Waals surface area (Å²) in [6.07, 6.45) is 1.00. The van der Waals surface area contributed by atoms with Crippen molar-refractivity contribution in [2.24, 2.45) is 5.73 Å². The molecule has 0 bridgehead atoms. The summed E-state index contributed by atoms with van der Waals surface area (Å²) in [7, 11) is 0. The van der Waals surface area contributed by atoms with Gasteiger partial charge < -0.3 is 5.73 Å². The van der Waals surface area contributed by atoms with Crippen LogP contribution in [0.4, 0.5) is 0 Å². The topological polar surface area (TPSA) is 29.3 Å². The zero-order chi connectivity index (χ0) is 7.44. The van der Waals surface area contributed by atoms with E-state index in [1.807, 2.05) is 6.92 Å². The molecule has 0 rings (SSSR count). The average molecular weight is 164 g/mol. The van der Waals surface area contributed by atoms with E-state index in [0.29, 0.717) is 11.2 Å². The Balaban J connectivity index is 3.72. The monoisotopic (exact) mass is 164 g/mol. The van der Waals surface area contributed by atoms with E-state index in [0.717, 1.165) is 6.42 Å². The van der Waals surface area contributed by atoms with Gasteiger partial charge in [-0.2, -0.15) is 0 Å². The van der Waals surface area contributed by atoms with Gasteiger partial charge in [-0.25, -0.2) is 0 Å². The van der Waals surface area contributed by atoms with Crippen molar-refractivity contribution in [1.82, 2.24) is 4.31 Å². The lowest BCUT2D eigenvalue weighted by atomic mass is 10.3. The second-order valence-electron chi connectivity index (χ2n) is 1.94. The van der Waals surface area contributed by atoms with Crippen molar-refractivity contribution >= 4 is 30.1 Å². The lowest BCUT2D eigenvalue weighted by molar-refractivity contribution is 0.502. The van der Waals surface area contributed by atoms with Crippen molar-refractivity contribution in [2.75, 3.05) is 0 Å². The predicted octanol–water partition coefficient (Wildman–Crippen LogP) is 1.18. The number of hydrogen-bond donors (Lipinski definition) is 2. The number of rotatable bonds is 2. The first-order chi connectivity index (χ1) is 4.09. The van der Waals surface area contributed by atoms with Crippen LogP contribution in [0.3, 0.4) is 0 Å². The minimum atomic E-state index is 0.325. The van der Waals surface area contributed by atoms with Crippen LogP contribution in [0.15, 0.2) is 0 Å². The standard InChI is InChI=1S/C5H12N2S2/c1-3-4(2)7(9)5(6)8/h4,9H,3H2,1-2H3,(H2,6,8). The van der Waals surface area contributed by atoms with Gasteiger partial charge in [0.15, 0.2) is 5.11 Å². The van der Waals surface area contributed by atoms with Gasteiger partial charge in [0, 0.05) is 6.04 Å². The second-order valence-corrected chi connectivity index (χ2v) is 2.79. The molecule has 2 nitrogen and oxygen atoms in total. The highest BCUT2D eigenvalue weighted by Gasteiger charge is 2.06. The lowest BCUT2D eigenvalue weighted by Gasteiger charge is -2.21. The van der Waals surface area contributed by atoms with Gasteiger partial charge in [-0.05, 0) is 25.6 Å². The number of thiocarbonyl (C=S) groups is 1. The maximum Gasteiger partial charge on any atom is 0.176 e. The Bertz CT molecular complexity index is 105. The van der Waals surface area contributed by atoms with Crippen LogP contribution in [0.1, 0.15) is 20.3 Å². The summed E-state index contributed by atoms with van der Waals surface area (Å²) in [4.78, 5) is 0. The van der Waals surface area contributed by atoms with Gasteiger partial charge in [0.05, 0.1) is 0 Å². The molecule has 1 atom stereocenters. The van der Waals surface area contributed by atoms with Crippen molar-refractivity contribution < 1.29 is 0 Å². The highest BCUT2D eigenvalue weighted by Crippen LogP contribution is 2.04. The van der Waals surface area contributed by atoms with Gasteiger partial charge in [0.1, 0.15) is 0 Å². The highest BCUT2D eigenvalue weighted by molar-refractivity contribution is 7.84. The van der Waals surface area contributed by atoms with Crippen LogP contribution in [0.2, 0.25) is 0 Å². The van der Waals surface area contributed by atoms with E-state index in [-0.39, 0.29) is 0 Å². The van der Waals surface area contributed by atoms with Crippen molar-refractivity contribution in [1.29, 1.82) is 0 Å². The zero-order valence-corrected chi connectivity index (χ0v) is 7.38.